The second kappa shape index (κ2) is 7.84. The average molecular weight is 328 g/mol. The third-order valence-electron chi connectivity index (χ3n) is 5.27. The van der Waals surface area contributed by atoms with Gasteiger partial charge in [-0.3, -0.25) is 4.79 Å². The first-order valence-corrected chi connectivity index (χ1v) is 8.95. The van der Waals surface area contributed by atoms with Gasteiger partial charge in [0, 0.05) is 31.6 Å². The summed E-state index contributed by atoms with van der Waals surface area (Å²) in [5, 5.41) is 3.65. The highest BCUT2D eigenvalue weighted by Crippen LogP contribution is 2.33. The van der Waals surface area contributed by atoms with Gasteiger partial charge in [-0.05, 0) is 49.3 Å². The molecule has 24 heavy (non-hydrogen) atoms. The maximum absolute atomic E-state index is 12.8. The number of hydrogen-bond acceptors (Lipinski definition) is 3. The number of fused-ring (bicyclic) bond motifs is 2. The molecule has 0 spiro atoms. The van der Waals surface area contributed by atoms with Crippen LogP contribution >= 0.6 is 0 Å². The van der Waals surface area contributed by atoms with Gasteiger partial charge in [-0.15, -0.1) is 6.58 Å². The van der Waals surface area contributed by atoms with Gasteiger partial charge in [0.15, 0.2) is 0 Å². The molecule has 2 aliphatic heterocycles. The minimum Gasteiger partial charge on any atom is -0.497 e. The Labute approximate surface area is 144 Å². The predicted molar refractivity (Wildman–Crippen MR) is 95.9 cm³/mol. The van der Waals surface area contributed by atoms with E-state index in [2.05, 4.69) is 11.9 Å². The van der Waals surface area contributed by atoms with Crippen LogP contribution in [0.25, 0.3) is 0 Å². The zero-order chi connectivity index (χ0) is 16.9. The number of piperidine rings is 1. The fourth-order valence-electron chi connectivity index (χ4n) is 4.08. The molecule has 0 aromatic heterocycles. The van der Waals surface area contributed by atoms with Gasteiger partial charge in [0.1, 0.15) is 5.75 Å². The fraction of sp³-hybridized carbons (Fsp3) is 0.550. The lowest BCUT2D eigenvalue weighted by atomic mass is 9.89. The molecular weight excluding hydrogens is 300 g/mol. The summed E-state index contributed by atoms with van der Waals surface area (Å²) in [6.07, 6.45) is 7.32. The Hall–Kier alpha value is -1.81. The second-order valence-electron chi connectivity index (χ2n) is 7.09. The number of carbonyl (C=O) groups excluding carboxylic acids is 1. The van der Waals surface area contributed by atoms with E-state index in [0.29, 0.717) is 37.5 Å². The molecule has 2 atom stereocenters. The zero-order valence-electron chi connectivity index (χ0n) is 14.5. The van der Waals surface area contributed by atoms with E-state index in [1.165, 1.54) is 12.8 Å². The van der Waals surface area contributed by atoms with Crippen molar-refractivity contribution in [2.45, 2.75) is 50.7 Å². The highest BCUT2D eigenvalue weighted by Gasteiger charge is 2.34. The largest absolute Gasteiger partial charge is 0.497 e. The normalized spacial score (nSPS) is 25.3. The van der Waals surface area contributed by atoms with E-state index < -0.39 is 0 Å². The molecule has 2 saturated heterocycles. The summed E-state index contributed by atoms with van der Waals surface area (Å²) >= 11 is 0. The summed E-state index contributed by atoms with van der Waals surface area (Å²) in [6.45, 7) is 5.04. The number of hydrogen-bond donors (Lipinski definition) is 1. The summed E-state index contributed by atoms with van der Waals surface area (Å²) in [5.74, 6) is 1.61. The lowest BCUT2D eigenvalue weighted by Crippen LogP contribution is -2.40. The smallest absolute Gasteiger partial charge is 0.223 e. The van der Waals surface area contributed by atoms with Crippen LogP contribution in [0.1, 0.15) is 37.7 Å². The van der Waals surface area contributed by atoms with Crippen molar-refractivity contribution in [3.63, 3.8) is 0 Å². The predicted octanol–water partition coefficient (Wildman–Crippen LogP) is 3.13. The van der Waals surface area contributed by atoms with Gasteiger partial charge in [0.05, 0.1) is 7.11 Å². The quantitative estimate of drug-likeness (QED) is 0.782. The maximum Gasteiger partial charge on any atom is 0.223 e. The van der Waals surface area contributed by atoms with E-state index in [4.69, 9.17) is 4.74 Å². The van der Waals surface area contributed by atoms with E-state index in [0.717, 1.165) is 24.2 Å². The third kappa shape index (κ3) is 4.18. The molecule has 0 aliphatic carbocycles. The standard InChI is InChI=1S/C20H28N2O2/c1-3-10-22(14-15-4-8-19(24-2)9-5-15)20(23)13-16-11-17-6-7-18(12-16)21-17/h3-5,8-9,16-18,21H,1,6-7,10-14H2,2H3. The van der Waals surface area contributed by atoms with Crippen LogP contribution in [-0.2, 0) is 11.3 Å². The van der Waals surface area contributed by atoms with Crippen LogP contribution in [0, 0.1) is 5.92 Å². The van der Waals surface area contributed by atoms with Crippen LogP contribution in [0.15, 0.2) is 36.9 Å². The summed E-state index contributed by atoms with van der Waals surface area (Å²) in [4.78, 5) is 14.7. The molecule has 1 aromatic carbocycles. The first kappa shape index (κ1) is 17.0. The molecule has 2 fully saturated rings. The van der Waals surface area contributed by atoms with Crippen molar-refractivity contribution in [1.82, 2.24) is 10.2 Å². The number of benzene rings is 1. The Morgan fingerprint density at radius 1 is 1.29 bits per heavy atom. The molecule has 4 heteroatoms. The molecule has 2 bridgehead atoms. The Balaban J connectivity index is 1.59. The molecular formula is C20H28N2O2. The van der Waals surface area contributed by atoms with E-state index in [1.54, 1.807) is 7.11 Å². The van der Waals surface area contributed by atoms with Crippen LogP contribution in [0.3, 0.4) is 0 Å². The Kier molecular flexibility index (Phi) is 5.56. The number of methoxy groups -OCH3 is 1. The topological polar surface area (TPSA) is 41.6 Å². The molecule has 0 saturated carbocycles. The molecule has 2 aliphatic rings. The lowest BCUT2D eigenvalue weighted by Gasteiger charge is -2.30. The van der Waals surface area contributed by atoms with Crippen molar-refractivity contribution in [2.75, 3.05) is 13.7 Å². The van der Waals surface area contributed by atoms with Crippen LogP contribution in [0.5, 0.6) is 5.75 Å². The molecule has 2 heterocycles. The monoisotopic (exact) mass is 328 g/mol. The number of rotatable bonds is 7. The molecule has 3 rings (SSSR count). The van der Waals surface area contributed by atoms with Gasteiger partial charge < -0.3 is 15.0 Å². The molecule has 1 aromatic rings. The summed E-state index contributed by atoms with van der Waals surface area (Å²) in [7, 11) is 1.66. The van der Waals surface area contributed by atoms with Gasteiger partial charge in [-0.25, -0.2) is 0 Å². The van der Waals surface area contributed by atoms with Crippen molar-refractivity contribution in [3.05, 3.63) is 42.5 Å². The minimum atomic E-state index is 0.247. The van der Waals surface area contributed by atoms with E-state index in [1.807, 2.05) is 35.2 Å². The first-order valence-electron chi connectivity index (χ1n) is 8.95. The van der Waals surface area contributed by atoms with E-state index in [-0.39, 0.29) is 5.91 Å². The maximum atomic E-state index is 12.8. The molecule has 1 N–H and O–H groups in total. The van der Waals surface area contributed by atoms with Gasteiger partial charge in [0.2, 0.25) is 5.91 Å². The second-order valence-corrected chi connectivity index (χ2v) is 7.09. The van der Waals surface area contributed by atoms with Crippen molar-refractivity contribution >= 4 is 5.91 Å². The zero-order valence-corrected chi connectivity index (χ0v) is 14.5. The SMILES string of the molecule is C=CCN(Cc1ccc(OC)cc1)C(=O)CC1CC2CCC(C1)N2. The number of nitrogens with one attached hydrogen (secondary N) is 1. The number of ether oxygens (including phenoxy) is 1. The number of carbonyl (C=O) groups is 1. The number of nitrogens with zero attached hydrogens (tertiary/aromatic N) is 1. The van der Waals surface area contributed by atoms with Crippen molar-refractivity contribution in [1.29, 1.82) is 0 Å². The molecule has 1 amide bonds. The van der Waals surface area contributed by atoms with Crippen LogP contribution in [0.4, 0.5) is 0 Å². The van der Waals surface area contributed by atoms with Gasteiger partial charge in [-0.2, -0.15) is 0 Å². The molecule has 0 radical (unpaired) electrons. The van der Waals surface area contributed by atoms with Crippen LogP contribution in [0.2, 0.25) is 0 Å². The Bertz CT molecular complexity index is 558. The molecule has 2 unspecified atom stereocenters. The van der Waals surface area contributed by atoms with Gasteiger partial charge in [0.25, 0.3) is 0 Å². The average Bonchev–Trinajstić information content (AvgIpc) is 2.93. The first-order chi connectivity index (χ1) is 11.7. The highest BCUT2D eigenvalue weighted by atomic mass is 16.5. The van der Waals surface area contributed by atoms with Gasteiger partial charge in [-0.1, -0.05) is 18.2 Å². The van der Waals surface area contributed by atoms with Crippen LogP contribution in [-0.4, -0.2) is 36.5 Å². The number of amides is 1. The molecule has 4 nitrogen and oxygen atoms in total. The summed E-state index contributed by atoms with van der Waals surface area (Å²) < 4.78 is 5.19. The lowest BCUT2D eigenvalue weighted by molar-refractivity contribution is -0.132. The van der Waals surface area contributed by atoms with Crippen molar-refractivity contribution < 1.29 is 9.53 Å². The highest BCUT2D eigenvalue weighted by molar-refractivity contribution is 5.76. The minimum absolute atomic E-state index is 0.247. The van der Waals surface area contributed by atoms with Crippen molar-refractivity contribution in [2.24, 2.45) is 5.92 Å². The molecule has 130 valence electrons. The van der Waals surface area contributed by atoms with Crippen LogP contribution < -0.4 is 10.1 Å². The van der Waals surface area contributed by atoms with Crippen molar-refractivity contribution in [3.8, 4) is 5.75 Å². The van der Waals surface area contributed by atoms with E-state index in [9.17, 15) is 4.79 Å². The van der Waals surface area contributed by atoms with Gasteiger partial charge >= 0.3 is 0 Å². The van der Waals surface area contributed by atoms with E-state index >= 15 is 0 Å². The summed E-state index contributed by atoms with van der Waals surface area (Å²) in [5.41, 5.74) is 1.12. The Morgan fingerprint density at radius 2 is 1.96 bits per heavy atom. The third-order valence-corrected chi connectivity index (χ3v) is 5.27. The Morgan fingerprint density at radius 3 is 2.54 bits per heavy atom. The fourth-order valence-corrected chi connectivity index (χ4v) is 4.08. The summed E-state index contributed by atoms with van der Waals surface area (Å²) in [6, 6.07) is 9.19.